The van der Waals surface area contributed by atoms with Crippen molar-refractivity contribution in [2.75, 3.05) is 0 Å². The van der Waals surface area contributed by atoms with E-state index in [1.54, 1.807) is 11.3 Å². The smallest absolute Gasteiger partial charge is 0.193 e. The third-order valence-corrected chi connectivity index (χ3v) is 3.80. The number of aromatic nitrogens is 3. The Kier molecular flexibility index (Phi) is 3.29. The molecule has 19 heavy (non-hydrogen) atoms. The lowest BCUT2D eigenvalue weighted by atomic mass is 10.1. The summed E-state index contributed by atoms with van der Waals surface area (Å²) in [5.74, 6) is 5.65. The molecule has 0 radical (unpaired) electrons. The number of pyridine rings is 1. The van der Waals surface area contributed by atoms with Gasteiger partial charge in [-0.15, -0.1) is 11.3 Å². The summed E-state index contributed by atoms with van der Waals surface area (Å²) in [7, 11) is 0. The van der Waals surface area contributed by atoms with E-state index in [-0.39, 0.29) is 6.04 Å². The molecule has 0 aromatic carbocycles. The average Bonchev–Trinajstić information content (AvgIpc) is 2.96. The predicted molar refractivity (Wildman–Crippen MR) is 75.8 cm³/mol. The molecule has 3 N–H and O–H groups in total. The zero-order valence-electron chi connectivity index (χ0n) is 10.6. The summed E-state index contributed by atoms with van der Waals surface area (Å²) in [4.78, 5) is 10.1. The van der Waals surface area contributed by atoms with Crippen LogP contribution in [-0.4, -0.2) is 14.4 Å². The first-order valence-corrected chi connectivity index (χ1v) is 6.95. The van der Waals surface area contributed by atoms with Gasteiger partial charge >= 0.3 is 0 Å². The van der Waals surface area contributed by atoms with Gasteiger partial charge in [0.15, 0.2) is 4.96 Å². The highest BCUT2D eigenvalue weighted by Crippen LogP contribution is 2.18. The number of imidazole rings is 1. The Labute approximate surface area is 115 Å². The molecule has 0 saturated carbocycles. The van der Waals surface area contributed by atoms with Crippen LogP contribution in [-0.2, 0) is 6.42 Å². The maximum absolute atomic E-state index is 5.65. The van der Waals surface area contributed by atoms with Crippen molar-refractivity contribution in [1.29, 1.82) is 0 Å². The fourth-order valence-corrected chi connectivity index (χ4v) is 2.81. The van der Waals surface area contributed by atoms with Crippen LogP contribution in [0.25, 0.3) is 4.96 Å². The van der Waals surface area contributed by atoms with Gasteiger partial charge in [0.25, 0.3) is 0 Å². The number of hydrazine groups is 1. The molecule has 3 rings (SSSR count). The maximum atomic E-state index is 5.65. The minimum Gasteiger partial charge on any atom is -0.297 e. The fourth-order valence-electron chi connectivity index (χ4n) is 2.09. The third kappa shape index (κ3) is 2.51. The van der Waals surface area contributed by atoms with E-state index in [0.717, 1.165) is 28.5 Å². The molecule has 0 spiro atoms. The normalized spacial score (nSPS) is 12.9. The second-order valence-electron chi connectivity index (χ2n) is 4.45. The minimum absolute atomic E-state index is 0.0236. The highest BCUT2D eigenvalue weighted by Gasteiger charge is 2.14. The summed E-state index contributed by atoms with van der Waals surface area (Å²) >= 11 is 1.63. The van der Waals surface area contributed by atoms with Crippen molar-refractivity contribution in [3.05, 3.63) is 53.1 Å². The van der Waals surface area contributed by atoms with Crippen LogP contribution in [0.2, 0.25) is 0 Å². The van der Waals surface area contributed by atoms with Gasteiger partial charge in [-0.1, -0.05) is 6.07 Å². The first kappa shape index (κ1) is 12.3. The van der Waals surface area contributed by atoms with E-state index in [1.165, 1.54) is 0 Å². The number of aryl methyl sites for hydroxylation is 1. The Hall–Kier alpha value is -1.76. The highest BCUT2D eigenvalue weighted by molar-refractivity contribution is 7.15. The summed E-state index contributed by atoms with van der Waals surface area (Å²) < 4.78 is 2.03. The molecule has 0 amide bonds. The number of thiazole rings is 1. The summed E-state index contributed by atoms with van der Waals surface area (Å²) in [6.07, 6.45) is 4.76. The van der Waals surface area contributed by atoms with Crippen LogP contribution in [0.4, 0.5) is 0 Å². The van der Waals surface area contributed by atoms with Crippen molar-refractivity contribution in [2.45, 2.75) is 19.4 Å². The Morgan fingerprint density at radius 2 is 2.32 bits per heavy atom. The zero-order valence-corrected chi connectivity index (χ0v) is 11.4. The number of nitrogens with two attached hydrogens (primary N) is 1. The molecule has 5 nitrogen and oxygen atoms in total. The lowest BCUT2D eigenvalue weighted by Gasteiger charge is -2.14. The van der Waals surface area contributed by atoms with E-state index in [4.69, 9.17) is 5.84 Å². The number of hydrogen-bond donors (Lipinski definition) is 2. The molecule has 0 fully saturated rings. The van der Waals surface area contributed by atoms with Crippen LogP contribution < -0.4 is 11.3 Å². The summed E-state index contributed by atoms with van der Waals surface area (Å²) in [5.41, 5.74) is 5.77. The van der Waals surface area contributed by atoms with Gasteiger partial charge in [-0.25, -0.2) is 4.98 Å². The SMILES string of the molecule is Cc1cccc(C(Cc2cn3ccsc3n2)NN)n1. The Bertz CT molecular complexity index is 658. The molecule has 98 valence electrons. The quantitative estimate of drug-likeness (QED) is 0.562. The third-order valence-electron chi connectivity index (χ3n) is 3.02. The van der Waals surface area contributed by atoms with E-state index >= 15 is 0 Å². The van der Waals surface area contributed by atoms with Gasteiger partial charge in [0.05, 0.1) is 17.4 Å². The molecule has 0 aliphatic carbocycles. The van der Waals surface area contributed by atoms with E-state index in [0.29, 0.717) is 0 Å². The molecular weight excluding hydrogens is 258 g/mol. The van der Waals surface area contributed by atoms with Gasteiger partial charge in [0.2, 0.25) is 0 Å². The first-order chi connectivity index (χ1) is 9.26. The Balaban J connectivity index is 1.85. The number of fused-ring (bicyclic) bond motifs is 1. The van der Waals surface area contributed by atoms with Crippen molar-refractivity contribution in [2.24, 2.45) is 5.84 Å². The molecule has 1 atom stereocenters. The molecule has 3 heterocycles. The van der Waals surface area contributed by atoms with E-state index in [2.05, 4.69) is 15.4 Å². The van der Waals surface area contributed by atoms with Crippen molar-refractivity contribution >= 4 is 16.3 Å². The Morgan fingerprint density at radius 1 is 1.42 bits per heavy atom. The van der Waals surface area contributed by atoms with Crippen molar-refractivity contribution in [3.63, 3.8) is 0 Å². The molecule has 0 bridgehead atoms. The zero-order chi connectivity index (χ0) is 13.2. The lowest BCUT2D eigenvalue weighted by Crippen LogP contribution is -2.30. The number of nitrogens with zero attached hydrogens (tertiary/aromatic N) is 3. The van der Waals surface area contributed by atoms with E-state index in [9.17, 15) is 0 Å². The lowest BCUT2D eigenvalue weighted by molar-refractivity contribution is 0.533. The van der Waals surface area contributed by atoms with Crippen LogP contribution in [0.1, 0.15) is 23.1 Å². The summed E-state index contributed by atoms with van der Waals surface area (Å²) in [6, 6.07) is 5.93. The average molecular weight is 273 g/mol. The molecular formula is C13H15N5S. The highest BCUT2D eigenvalue weighted by atomic mass is 32.1. The Morgan fingerprint density at radius 3 is 3.05 bits per heavy atom. The second-order valence-corrected chi connectivity index (χ2v) is 5.33. The van der Waals surface area contributed by atoms with Crippen LogP contribution >= 0.6 is 11.3 Å². The van der Waals surface area contributed by atoms with Crippen LogP contribution in [0.5, 0.6) is 0 Å². The first-order valence-electron chi connectivity index (χ1n) is 6.07. The molecule has 0 saturated heterocycles. The number of hydrogen-bond acceptors (Lipinski definition) is 5. The van der Waals surface area contributed by atoms with Crippen LogP contribution in [0.3, 0.4) is 0 Å². The van der Waals surface area contributed by atoms with Gasteiger partial charge in [-0.3, -0.25) is 20.7 Å². The summed E-state index contributed by atoms with van der Waals surface area (Å²) in [5, 5.41) is 2.02. The predicted octanol–water partition coefficient (Wildman–Crippen LogP) is 1.85. The largest absolute Gasteiger partial charge is 0.297 e. The van der Waals surface area contributed by atoms with Gasteiger partial charge in [0.1, 0.15) is 0 Å². The van der Waals surface area contributed by atoms with Gasteiger partial charge < -0.3 is 0 Å². The number of nitrogens with one attached hydrogen (secondary N) is 1. The maximum Gasteiger partial charge on any atom is 0.193 e. The van der Waals surface area contributed by atoms with Crippen molar-refractivity contribution in [3.8, 4) is 0 Å². The van der Waals surface area contributed by atoms with E-state index in [1.807, 2.05) is 47.3 Å². The standard InChI is InChI=1S/C13H15N5S/c1-9-3-2-4-11(15-9)12(17-14)7-10-8-18-5-6-19-13(18)16-10/h2-6,8,12,17H,7,14H2,1H3. The minimum atomic E-state index is -0.0236. The van der Waals surface area contributed by atoms with Gasteiger partial charge in [0, 0.05) is 29.9 Å². The monoisotopic (exact) mass is 273 g/mol. The molecule has 0 aliphatic rings. The molecule has 1 unspecified atom stereocenters. The molecule has 0 aliphatic heterocycles. The van der Waals surface area contributed by atoms with Gasteiger partial charge in [-0.2, -0.15) is 0 Å². The second kappa shape index (κ2) is 5.08. The van der Waals surface area contributed by atoms with E-state index < -0.39 is 0 Å². The van der Waals surface area contributed by atoms with Crippen LogP contribution in [0.15, 0.2) is 36.0 Å². The number of rotatable bonds is 4. The fraction of sp³-hybridized carbons (Fsp3) is 0.231. The van der Waals surface area contributed by atoms with Crippen molar-refractivity contribution < 1.29 is 0 Å². The summed E-state index contributed by atoms with van der Waals surface area (Å²) in [6.45, 7) is 1.98. The van der Waals surface area contributed by atoms with Crippen LogP contribution in [0, 0.1) is 6.92 Å². The van der Waals surface area contributed by atoms with Gasteiger partial charge in [-0.05, 0) is 19.1 Å². The van der Waals surface area contributed by atoms with Crippen molar-refractivity contribution in [1.82, 2.24) is 19.8 Å². The topological polar surface area (TPSA) is 68.2 Å². The molecule has 3 aromatic rings. The molecule has 6 heteroatoms. The molecule has 3 aromatic heterocycles.